The van der Waals surface area contributed by atoms with Crippen LogP contribution < -0.4 is 11.3 Å². The molecular formula is C14H23ClFN3. The number of nitrogens with two attached hydrogens (primary N) is 1. The van der Waals surface area contributed by atoms with Crippen LogP contribution in [-0.4, -0.2) is 30.6 Å². The minimum Gasteiger partial charge on any atom is -0.302 e. The van der Waals surface area contributed by atoms with E-state index in [0.717, 1.165) is 12.0 Å². The molecular weight excluding hydrogens is 265 g/mol. The van der Waals surface area contributed by atoms with Crippen molar-refractivity contribution in [3.8, 4) is 0 Å². The fraction of sp³-hybridized carbons (Fsp3) is 0.571. The Hall–Kier alpha value is -0.680. The number of benzene rings is 1. The summed E-state index contributed by atoms with van der Waals surface area (Å²) in [5, 5.41) is 0.145. The average Bonchev–Trinajstić information content (AvgIpc) is 2.38. The van der Waals surface area contributed by atoms with Gasteiger partial charge in [0, 0.05) is 11.6 Å². The summed E-state index contributed by atoms with van der Waals surface area (Å²) in [7, 11) is 4.05. The molecule has 1 rings (SSSR count). The number of nitrogens with zero attached hydrogens (tertiary/aromatic N) is 1. The van der Waals surface area contributed by atoms with Crippen LogP contribution in [0.3, 0.4) is 0 Å². The molecule has 1 aromatic carbocycles. The summed E-state index contributed by atoms with van der Waals surface area (Å²) >= 11 is 5.70. The van der Waals surface area contributed by atoms with Crippen molar-refractivity contribution in [1.82, 2.24) is 10.3 Å². The second-order valence-electron chi connectivity index (χ2n) is 5.28. The molecule has 0 aromatic heterocycles. The molecule has 0 saturated heterocycles. The summed E-state index contributed by atoms with van der Waals surface area (Å²) < 4.78 is 13.5. The van der Waals surface area contributed by atoms with Gasteiger partial charge in [-0.2, -0.15) is 0 Å². The normalized spacial score (nSPS) is 16.4. The van der Waals surface area contributed by atoms with Gasteiger partial charge in [-0.15, -0.1) is 0 Å². The Labute approximate surface area is 119 Å². The molecule has 0 aliphatic carbocycles. The van der Waals surface area contributed by atoms with E-state index < -0.39 is 5.82 Å². The summed E-state index contributed by atoms with van der Waals surface area (Å²) in [5.41, 5.74) is 3.63. The summed E-state index contributed by atoms with van der Waals surface area (Å²) in [6.07, 6.45) is 1.58. The number of hydrogen-bond acceptors (Lipinski definition) is 3. The molecule has 0 heterocycles. The molecule has 0 bridgehead atoms. The van der Waals surface area contributed by atoms with Crippen LogP contribution in [0.5, 0.6) is 0 Å². The van der Waals surface area contributed by atoms with Gasteiger partial charge >= 0.3 is 0 Å². The molecule has 0 amide bonds. The van der Waals surface area contributed by atoms with Gasteiger partial charge in [-0.1, -0.05) is 24.6 Å². The number of likely N-dealkylation sites (N-methyl/N-ethyl adjacent to an activating group) is 1. The Kier molecular flexibility index (Phi) is 5.74. The third-order valence-electron chi connectivity index (χ3n) is 4.11. The largest absolute Gasteiger partial charge is 0.302 e. The lowest BCUT2D eigenvalue weighted by Crippen LogP contribution is -2.59. The number of halogens is 2. The first-order valence-electron chi connectivity index (χ1n) is 6.42. The molecule has 0 aliphatic heterocycles. The zero-order chi connectivity index (χ0) is 14.6. The van der Waals surface area contributed by atoms with Crippen molar-refractivity contribution in [2.45, 2.75) is 38.3 Å². The van der Waals surface area contributed by atoms with Crippen molar-refractivity contribution in [1.29, 1.82) is 0 Å². The van der Waals surface area contributed by atoms with E-state index in [4.69, 9.17) is 17.4 Å². The Balaban J connectivity index is 2.95. The van der Waals surface area contributed by atoms with Crippen molar-refractivity contribution in [3.63, 3.8) is 0 Å². The van der Waals surface area contributed by atoms with Crippen LogP contribution in [0.25, 0.3) is 0 Å². The van der Waals surface area contributed by atoms with Crippen LogP contribution in [-0.2, 0) is 6.42 Å². The maximum Gasteiger partial charge on any atom is 0.142 e. The van der Waals surface area contributed by atoms with Crippen molar-refractivity contribution in [2.75, 3.05) is 14.1 Å². The predicted molar refractivity (Wildman–Crippen MR) is 78.6 cm³/mol. The van der Waals surface area contributed by atoms with Gasteiger partial charge in [-0.25, -0.2) is 4.39 Å². The van der Waals surface area contributed by atoms with E-state index in [9.17, 15) is 4.39 Å². The molecule has 0 radical (unpaired) electrons. The van der Waals surface area contributed by atoms with Gasteiger partial charge in [0.15, 0.2) is 0 Å². The van der Waals surface area contributed by atoms with E-state index in [1.54, 1.807) is 6.07 Å². The smallest absolute Gasteiger partial charge is 0.142 e. The number of rotatable bonds is 6. The molecule has 0 spiro atoms. The second-order valence-corrected chi connectivity index (χ2v) is 5.68. The second kappa shape index (κ2) is 6.66. The summed E-state index contributed by atoms with van der Waals surface area (Å²) in [4.78, 5) is 2.14. The van der Waals surface area contributed by atoms with E-state index in [-0.39, 0.29) is 16.6 Å². The predicted octanol–water partition coefficient (Wildman–Crippen LogP) is 2.58. The first-order chi connectivity index (χ1) is 8.85. The van der Waals surface area contributed by atoms with Crippen molar-refractivity contribution >= 4 is 11.6 Å². The lowest BCUT2D eigenvalue weighted by molar-refractivity contribution is 0.112. The average molecular weight is 288 g/mol. The van der Waals surface area contributed by atoms with Gasteiger partial charge in [0.2, 0.25) is 0 Å². The highest BCUT2D eigenvalue weighted by molar-refractivity contribution is 6.30. The van der Waals surface area contributed by atoms with Gasteiger partial charge in [0.05, 0.1) is 5.02 Å². The van der Waals surface area contributed by atoms with E-state index in [0.29, 0.717) is 6.42 Å². The highest BCUT2D eigenvalue weighted by Gasteiger charge is 2.34. The van der Waals surface area contributed by atoms with Gasteiger partial charge in [0.25, 0.3) is 0 Å². The molecule has 0 aliphatic rings. The highest BCUT2D eigenvalue weighted by atomic mass is 35.5. The molecule has 2 unspecified atom stereocenters. The zero-order valence-electron chi connectivity index (χ0n) is 12.0. The monoisotopic (exact) mass is 287 g/mol. The molecule has 0 saturated carbocycles. The van der Waals surface area contributed by atoms with Crippen LogP contribution in [0.4, 0.5) is 4.39 Å². The third kappa shape index (κ3) is 3.66. The van der Waals surface area contributed by atoms with Crippen LogP contribution in [0.2, 0.25) is 5.02 Å². The Bertz CT molecular complexity index is 425. The highest BCUT2D eigenvalue weighted by Crippen LogP contribution is 2.24. The van der Waals surface area contributed by atoms with Gasteiger partial charge in [-0.3, -0.25) is 11.3 Å². The van der Waals surface area contributed by atoms with Crippen molar-refractivity contribution in [2.24, 2.45) is 5.84 Å². The van der Waals surface area contributed by atoms with Crippen LogP contribution in [0, 0.1) is 5.82 Å². The van der Waals surface area contributed by atoms with Crippen molar-refractivity contribution < 1.29 is 4.39 Å². The molecule has 19 heavy (non-hydrogen) atoms. The summed E-state index contributed by atoms with van der Waals surface area (Å²) in [6, 6.07) is 4.91. The topological polar surface area (TPSA) is 41.3 Å². The zero-order valence-corrected chi connectivity index (χ0v) is 12.8. The molecule has 5 heteroatoms. The molecule has 2 atom stereocenters. The van der Waals surface area contributed by atoms with E-state index in [2.05, 4.69) is 24.2 Å². The summed E-state index contributed by atoms with van der Waals surface area (Å²) in [5.74, 6) is 5.30. The van der Waals surface area contributed by atoms with Crippen LogP contribution >= 0.6 is 11.6 Å². The fourth-order valence-corrected chi connectivity index (χ4v) is 2.35. The van der Waals surface area contributed by atoms with E-state index >= 15 is 0 Å². The lowest BCUT2D eigenvalue weighted by Gasteiger charge is -2.42. The van der Waals surface area contributed by atoms with Gasteiger partial charge < -0.3 is 4.90 Å². The Morgan fingerprint density at radius 2 is 2.11 bits per heavy atom. The van der Waals surface area contributed by atoms with E-state index in [1.165, 1.54) is 6.07 Å². The maximum atomic E-state index is 13.5. The minimum absolute atomic E-state index is 0.0214. The standard InChI is InChI=1S/C14H23ClFN3/c1-5-14(2,19(3)4)13(18-17)9-10-6-7-11(15)12(16)8-10/h6-8,13,18H,5,9,17H2,1-4H3. The molecule has 3 nitrogen and oxygen atoms in total. The SMILES string of the molecule is CCC(C)(C(Cc1ccc(Cl)c(F)c1)NN)N(C)C. The van der Waals surface area contributed by atoms with Gasteiger partial charge in [-0.05, 0) is 51.6 Å². The first-order valence-corrected chi connectivity index (χ1v) is 6.80. The number of nitrogens with one attached hydrogen (secondary N) is 1. The van der Waals surface area contributed by atoms with E-state index in [1.807, 2.05) is 20.2 Å². The molecule has 1 aromatic rings. The third-order valence-corrected chi connectivity index (χ3v) is 4.42. The quantitative estimate of drug-likeness (QED) is 0.624. The minimum atomic E-state index is -0.391. The number of hydrazine groups is 1. The maximum absolute atomic E-state index is 13.5. The first kappa shape index (κ1) is 16.4. The fourth-order valence-electron chi connectivity index (χ4n) is 2.23. The molecule has 3 N–H and O–H groups in total. The lowest BCUT2D eigenvalue weighted by atomic mass is 9.84. The van der Waals surface area contributed by atoms with Crippen molar-refractivity contribution in [3.05, 3.63) is 34.6 Å². The molecule has 108 valence electrons. The van der Waals surface area contributed by atoms with Crippen LogP contribution in [0.1, 0.15) is 25.8 Å². The number of hydrogen-bond donors (Lipinski definition) is 2. The summed E-state index contributed by atoms with van der Waals surface area (Å²) in [6.45, 7) is 4.26. The Morgan fingerprint density at radius 1 is 1.47 bits per heavy atom. The van der Waals surface area contributed by atoms with Gasteiger partial charge in [0.1, 0.15) is 5.82 Å². The Morgan fingerprint density at radius 3 is 2.53 bits per heavy atom. The molecule has 0 fully saturated rings. The van der Waals surface area contributed by atoms with Crippen LogP contribution in [0.15, 0.2) is 18.2 Å².